The molecule has 9 heteroatoms. The maximum atomic E-state index is 13.4. The fraction of sp³-hybridized carbons (Fsp3) is 0.429. The summed E-state index contributed by atoms with van der Waals surface area (Å²) in [4.78, 5) is 23.2. The van der Waals surface area contributed by atoms with Gasteiger partial charge < -0.3 is 16.4 Å². The fourth-order valence-corrected chi connectivity index (χ4v) is 1.73. The molecule has 0 aromatic heterocycles. The van der Waals surface area contributed by atoms with Gasteiger partial charge in [-0.1, -0.05) is 13.8 Å². The van der Waals surface area contributed by atoms with Crippen LogP contribution in [0.2, 0.25) is 0 Å². The second kappa shape index (κ2) is 9.36. The van der Waals surface area contributed by atoms with Crippen molar-refractivity contribution in [3.05, 3.63) is 29.6 Å². The zero-order valence-electron chi connectivity index (χ0n) is 12.7. The number of carbonyl (C=O) groups is 2. The molecule has 0 saturated carbocycles. The summed E-state index contributed by atoms with van der Waals surface area (Å²) in [5.74, 6) is -5.63. The molecule has 1 aromatic carbocycles. The molecular formula is C14H19ClF3N3O2. The molecule has 0 aliphatic carbocycles. The Bertz CT molecular complexity index is 570. The summed E-state index contributed by atoms with van der Waals surface area (Å²) in [6.07, 6.45) is 0.450. The van der Waals surface area contributed by atoms with Gasteiger partial charge in [-0.3, -0.25) is 9.59 Å². The minimum atomic E-state index is -1.68. The molecular weight excluding hydrogens is 335 g/mol. The average Bonchev–Trinajstić information content (AvgIpc) is 2.44. The van der Waals surface area contributed by atoms with E-state index in [0.29, 0.717) is 12.5 Å². The van der Waals surface area contributed by atoms with Gasteiger partial charge in [-0.15, -0.1) is 12.4 Å². The van der Waals surface area contributed by atoms with Crippen LogP contribution in [-0.2, 0) is 9.59 Å². The van der Waals surface area contributed by atoms with Crippen LogP contribution in [0.4, 0.5) is 18.9 Å². The first-order chi connectivity index (χ1) is 10.2. The molecule has 1 atom stereocenters. The Morgan fingerprint density at radius 3 is 2.35 bits per heavy atom. The van der Waals surface area contributed by atoms with E-state index in [0.717, 1.165) is 6.07 Å². The fourth-order valence-electron chi connectivity index (χ4n) is 1.73. The highest BCUT2D eigenvalue weighted by molar-refractivity contribution is 5.95. The molecule has 0 saturated heterocycles. The first kappa shape index (κ1) is 21.2. The number of hydrogen-bond donors (Lipinski definition) is 3. The minimum Gasteiger partial charge on any atom is -0.346 e. The molecule has 1 rings (SSSR count). The average molecular weight is 354 g/mol. The Labute approximate surface area is 138 Å². The van der Waals surface area contributed by atoms with Crippen molar-refractivity contribution in [2.45, 2.75) is 26.3 Å². The predicted octanol–water partition coefficient (Wildman–Crippen LogP) is 1.95. The first-order valence-electron chi connectivity index (χ1n) is 6.69. The van der Waals surface area contributed by atoms with Crippen molar-refractivity contribution in [2.75, 3.05) is 11.9 Å². The monoisotopic (exact) mass is 353 g/mol. The molecule has 2 amide bonds. The second-order valence-corrected chi connectivity index (χ2v) is 5.22. The van der Waals surface area contributed by atoms with E-state index in [1.807, 2.05) is 19.2 Å². The van der Waals surface area contributed by atoms with Gasteiger partial charge in [0.25, 0.3) is 0 Å². The molecule has 0 heterocycles. The highest BCUT2D eigenvalue weighted by atomic mass is 35.5. The number of rotatable bonds is 6. The zero-order chi connectivity index (χ0) is 16.9. The largest absolute Gasteiger partial charge is 0.346 e. The molecule has 0 unspecified atom stereocenters. The molecule has 4 N–H and O–H groups in total. The van der Waals surface area contributed by atoms with E-state index in [2.05, 4.69) is 5.32 Å². The number of hydrogen-bond acceptors (Lipinski definition) is 3. The smallest absolute Gasteiger partial charge is 0.243 e. The van der Waals surface area contributed by atoms with Gasteiger partial charge >= 0.3 is 0 Å². The number of nitrogens with one attached hydrogen (secondary N) is 2. The molecule has 0 aliphatic rings. The van der Waals surface area contributed by atoms with E-state index in [9.17, 15) is 22.8 Å². The van der Waals surface area contributed by atoms with Crippen LogP contribution in [0.25, 0.3) is 0 Å². The topological polar surface area (TPSA) is 84.2 Å². The van der Waals surface area contributed by atoms with Crippen LogP contribution < -0.4 is 16.4 Å². The quantitative estimate of drug-likeness (QED) is 0.683. The molecule has 5 nitrogen and oxygen atoms in total. The molecule has 0 radical (unpaired) electrons. The Balaban J connectivity index is 0.00000484. The molecule has 23 heavy (non-hydrogen) atoms. The van der Waals surface area contributed by atoms with Gasteiger partial charge in [0.15, 0.2) is 17.5 Å². The van der Waals surface area contributed by atoms with Gasteiger partial charge in [0.1, 0.15) is 0 Å². The highest BCUT2D eigenvalue weighted by Crippen LogP contribution is 2.19. The minimum absolute atomic E-state index is 0. The van der Waals surface area contributed by atoms with Crippen LogP contribution >= 0.6 is 12.4 Å². The lowest BCUT2D eigenvalue weighted by molar-refractivity contribution is -0.125. The summed E-state index contributed by atoms with van der Waals surface area (Å²) < 4.78 is 39.1. The Morgan fingerprint density at radius 1 is 1.17 bits per heavy atom. The van der Waals surface area contributed by atoms with Crippen LogP contribution in [0.3, 0.4) is 0 Å². The summed E-state index contributed by atoms with van der Waals surface area (Å²) in [6, 6.07) is 0.816. The second-order valence-electron chi connectivity index (χ2n) is 5.22. The summed E-state index contributed by atoms with van der Waals surface area (Å²) in [5.41, 5.74) is 5.11. The van der Waals surface area contributed by atoms with Crippen molar-refractivity contribution in [3.8, 4) is 0 Å². The standard InChI is InChI=1S/C14H18F3N3O2.ClH/c1-7(2)5-9(18)14(22)19-6-11(21)20-10-4-3-8(15)12(16)13(10)17;/h3-4,7,9H,5-6,18H2,1-2H3,(H,19,22)(H,20,21);1H/t9-;/m0./s1. The van der Waals surface area contributed by atoms with Crippen LogP contribution in [-0.4, -0.2) is 24.4 Å². The van der Waals surface area contributed by atoms with Crippen LogP contribution in [0.5, 0.6) is 0 Å². The van der Waals surface area contributed by atoms with Gasteiger partial charge in [-0.2, -0.15) is 0 Å². The molecule has 0 spiro atoms. The highest BCUT2D eigenvalue weighted by Gasteiger charge is 2.17. The third-order valence-electron chi connectivity index (χ3n) is 2.79. The summed E-state index contributed by atoms with van der Waals surface area (Å²) in [5, 5.41) is 4.32. The number of halogens is 4. The van der Waals surface area contributed by atoms with Gasteiger partial charge in [-0.05, 0) is 24.5 Å². The van der Waals surface area contributed by atoms with E-state index < -0.39 is 47.5 Å². The van der Waals surface area contributed by atoms with Crippen LogP contribution in [0.1, 0.15) is 20.3 Å². The Morgan fingerprint density at radius 2 is 1.78 bits per heavy atom. The Hall–Kier alpha value is -1.80. The number of nitrogens with two attached hydrogens (primary N) is 1. The number of benzene rings is 1. The SMILES string of the molecule is CC(C)C[C@H](N)C(=O)NCC(=O)Nc1ccc(F)c(F)c1F.Cl. The third-order valence-corrected chi connectivity index (χ3v) is 2.79. The lowest BCUT2D eigenvalue weighted by Gasteiger charge is -2.14. The van der Waals surface area contributed by atoms with Gasteiger partial charge in [0.05, 0.1) is 18.3 Å². The molecule has 130 valence electrons. The van der Waals surface area contributed by atoms with E-state index in [1.165, 1.54) is 0 Å². The molecule has 0 bridgehead atoms. The maximum Gasteiger partial charge on any atom is 0.243 e. The third kappa shape index (κ3) is 6.45. The van der Waals surface area contributed by atoms with Crippen molar-refractivity contribution in [2.24, 2.45) is 11.7 Å². The lowest BCUT2D eigenvalue weighted by Crippen LogP contribution is -2.44. The lowest BCUT2D eigenvalue weighted by atomic mass is 10.0. The van der Waals surface area contributed by atoms with E-state index >= 15 is 0 Å². The first-order valence-corrected chi connectivity index (χ1v) is 6.69. The number of amides is 2. The van der Waals surface area contributed by atoms with E-state index in [1.54, 1.807) is 0 Å². The number of anilines is 1. The van der Waals surface area contributed by atoms with Crippen LogP contribution in [0.15, 0.2) is 12.1 Å². The van der Waals surface area contributed by atoms with Crippen molar-refractivity contribution < 1.29 is 22.8 Å². The van der Waals surface area contributed by atoms with Gasteiger partial charge in [0, 0.05) is 0 Å². The molecule has 1 aromatic rings. The summed E-state index contributed by atoms with van der Waals surface area (Å²) in [6.45, 7) is 3.33. The van der Waals surface area contributed by atoms with Gasteiger partial charge in [-0.25, -0.2) is 13.2 Å². The summed E-state index contributed by atoms with van der Waals surface area (Å²) in [7, 11) is 0. The van der Waals surface area contributed by atoms with Crippen molar-refractivity contribution in [1.29, 1.82) is 0 Å². The van der Waals surface area contributed by atoms with Crippen molar-refractivity contribution in [3.63, 3.8) is 0 Å². The predicted molar refractivity (Wildman–Crippen MR) is 82.6 cm³/mol. The maximum absolute atomic E-state index is 13.4. The number of carbonyl (C=O) groups excluding carboxylic acids is 2. The van der Waals surface area contributed by atoms with Gasteiger partial charge in [0.2, 0.25) is 11.8 Å². The zero-order valence-corrected chi connectivity index (χ0v) is 13.5. The Kier molecular flexibility index (Phi) is 8.63. The van der Waals surface area contributed by atoms with Crippen molar-refractivity contribution in [1.82, 2.24) is 5.32 Å². The molecule has 0 fully saturated rings. The van der Waals surface area contributed by atoms with E-state index in [4.69, 9.17) is 5.73 Å². The van der Waals surface area contributed by atoms with E-state index in [-0.39, 0.29) is 18.3 Å². The van der Waals surface area contributed by atoms with Crippen LogP contribution in [0, 0.1) is 23.4 Å². The normalized spacial score (nSPS) is 11.6. The summed E-state index contributed by atoms with van der Waals surface area (Å²) >= 11 is 0. The molecule has 0 aliphatic heterocycles. The van der Waals surface area contributed by atoms with Crippen molar-refractivity contribution >= 4 is 29.9 Å².